The summed E-state index contributed by atoms with van der Waals surface area (Å²) in [5, 5.41) is 5.02. The van der Waals surface area contributed by atoms with Crippen LogP contribution in [-0.4, -0.2) is 13.1 Å². The van der Waals surface area contributed by atoms with Gasteiger partial charge in [-0.05, 0) is 59.4 Å². The van der Waals surface area contributed by atoms with E-state index in [0.29, 0.717) is 5.92 Å². The molecule has 5 rings (SSSR count). The van der Waals surface area contributed by atoms with E-state index >= 15 is 0 Å². The van der Waals surface area contributed by atoms with E-state index in [0.717, 1.165) is 24.1 Å². The zero-order valence-corrected chi connectivity index (χ0v) is 20.8. The van der Waals surface area contributed by atoms with Crippen LogP contribution >= 0.6 is 11.3 Å². The van der Waals surface area contributed by atoms with Crippen molar-refractivity contribution in [3.63, 3.8) is 0 Å². The molecule has 0 spiro atoms. The number of aromatic nitrogens is 1. The molecule has 0 unspecified atom stereocenters. The Bertz CT molecular complexity index is 1400. The molecule has 3 aromatic heterocycles. The van der Waals surface area contributed by atoms with Crippen molar-refractivity contribution in [2.45, 2.75) is 52.2 Å². The first-order chi connectivity index (χ1) is 14.9. The smallest absolute Gasteiger partial charge is 0.152 e. The van der Waals surface area contributed by atoms with Gasteiger partial charge >= 0.3 is 0 Å². The van der Waals surface area contributed by atoms with Crippen molar-refractivity contribution < 1.29 is 4.42 Å². The first-order valence-electron chi connectivity index (χ1n) is 11.2. The molecule has 0 saturated heterocycles. The summed E-state index contributed by atoms with van der Waals surface area (Å²) in [4.78, 5) is 4.86. The number of hydrogen-bond acceptors (Lipinski definition) is 3. The van der Waals surface area contributed by atoms with E-state index in [1.54, 1.807) is 0 Å². The molecule has 2 nitrogen and oxygen atoms in total. The Labute approximate surface area is 188 Å². The van der Waals surface area contributed by atoms with Gasteiger partial charge in [0.25, 0.3) is 0 Å². The second-order valence-electron chi connectivity index (χ2n) is 9.49. The normalized spacial score (nSPS) is 12.6. The average Bonchev–Trinajstić information content (AvgIpc) is 3.33. The van der Waals surface area contributed by atoms with E-state index in [1.807, 2.05) is 17.5 Å². The fourth-order valence-corrected chi connectivity index (χ4v) is 6.85. The third-order valence-corrected chi connectivity index (χ3v) is 9.26. The predicted octanol–water partition coefficient (Wildman–Crippen LogP) is 8.31. The van der Waals surface area contributed by atoms with Crippen molar-refractivity contribution >= 4 is 55.9 Å². The zero-order valence-electron chi connectivity index (χ0n) is 19.0. The third-order valence-electron chi connectivity index (χ3n) is 6.39. The summed E-state index contributed by atoms with van der Waals surface area (Å²) in [7, 11) is -1.48. The number of thiophene rings is 1. The highest BCUT2D eigenvalue weighted by Gasteiger charge is 2.24. The van der Waals surface area contributed by atoms with Crippen LogP contribution in [-0.2, 0) is 0 Å². The van der Waals surface area contributed by atoms with Gasteiger partial charge < -0.3 is 4.42 Å². The Balaban J connectivity index is 1.75. The van der Waals surface area contributed by atoms with E-state index in [9.17, 15) is 0 Å². The minimum Gasteiger partial charge on any atom is -0.465 e. The van der Waals surface area contributed by atoms with Crippen molar-refractivity contribution in [1.29, 1.82) is 0 Å². The highest BCUT2D eigenvalue weighted by molar-refractivity contribution is 7.26. The highest BCUT2D eigenvalue weighted by Crippen LogP contribution is 2.41. The quantitative estimate of drug-likeness (QED) is 0.255. The molecule has 0 atom stereocenters. The van der Waals surface area contributed by atoms with Crippen LogP contribution in [0.15, 0.2) is 59.1 Å². The molecule has 0 aliphatic carbocycles. The molecule has 4 heteroatoms. The number of rotatable bonds is 5. The molecule has 0 amide bonds. The summed E-state index contributed by atoms with van der Waals surface area (Å²) in [5.41, 5.74) is 4.75. The van der Waals surface area contributed by atoms with E-state index in [2.05, 4.69) is 82.0 Å². The van der Waals surface area contributed by atoms with E-state index in [-0.39, 0.29) is 0 Å². The Morgan fingerprint density at radius 1 is 0.968 bits per heavy atom. The van der Waals surface area contributed by atoms with Crippen LogP contribution in [0.25, 0.3) is 42.4 Å². The molecular weight excluding hydrogens is 414 g/mol. The second kappa shape index (κ2) is 7.61. The maximum Gasteiger partial charge on any atom is 0.152 e. The van der Waals surface area contributed by atoms with Gasteiger partial charge in [0.05, 0.1) is 20.5 Å². The minimum absolute atomic E-state index is 0.558. The summed E-state index contributed by atoms with van der Waals surface area (Å²) >= 11 is 1.82. The number of pyridine rings is 1. The zero-order chi connectivity index (χ0) is 21.8. The molecule has 0 aliphatic rings. The van der Waals surface area contributed by atoms with Crippen LogP contribution in [0.5, 0.6) is 0 Å². The Morgan fingerprint density at radius 3 is 2.48 bits per heavy atom. The van der Waals surface area contributed by atoms with Crippen LogP contribution in [0.3, 0.4) is 0 Å². The van der Waals surface area contributed by atoms with Gasteiger partial charge in [0.1, 0.15) is 8.07 Å². The van der Waals surface area contributed by atoms with Crippen molar-refractivity contribution in [1.82, 2.24) is 4.98 Å². The van der Waals surface area contributed by atoms with Gasteiger partial charge in [0, 0.05) is 17.1 Å². The molecular formula is C27H29NOSSi. The SMILES string of the molecule is CCC(CC)c1cc(-c2nccc3c2sc2cc([Si](C)(C)C)oc23)cc2ccccc12. The van der Waals surface area contributed by atoms with Crippen molar-refractivity contribution in [3.8, 4) is 11.3 Å². The van der Waals surface area contributed by atoms with Gasteiger partial charge in [0.2, 0.25) is 0 Å². The lowest BCUT2D eigenvalue weighted by molar-refractivity contribution is 0.647. The number of furan rings is 1. The molecule has 0 aliphatic heterocycles. The molecule has 0 N–H and O–H groups in total. The standard InChI is InChI=1S/C27H29NOSSi/c1-6-17(7-2)22-15-19(14-18-10-8-9-11-20(18)22)25-27-21(12-13-28-25)26-23(30-27)16-24(29-26)31(3,4)5/h8-17H,6-7H2,1-5H3. The van der Waals surface area contributed by atoms with Gasteiger partial charge in [-0.25, -0.2) is 0 Å². The van der Waals surface area contributed by atoms with Gasteiger partial charge in [-0.2, -0.15) is 0 Å². The lowest BCUT2D eigenvalue weighted by atomic mass is 9.87. The lowest BCUT2D eigenvalue weighted by Crippen LogP contribution is -2.36. The minimum atomic E-state index is -1.48. The second-order valence-corrected chi connectivity index (χ2v) is 15.5. The average molecular weight is 444 g/mol. The number of benzene rings is 2. The maximum absolute atomic E-state index is 6.39. The van der Waals surface area contributed by atoms with Crippen molar-refractivity contribution in [3.05, 3.63) is 60.3 Å². The van der Waals surface area contributed by atoms with Crippen molar-refractivity contribution in [2.24, 2.45) is 0 Å². The summed E-state index contributed by atoms with van der Waals surface area (Å²) < 4.78 is 8.85. The lowest BCUT2D eigenvalue weighted by Gasteiger charge is -2.18. The van der Waals surface area contributed by atoms with Crippen LogP contribution < -0.4 is 5.38 Å². The third kappa shape index (κ3) is 3.42. The van der Waals surface area contributed by atoms with Gasteiger partial charge in [-0.1, -0.05) is 57.8 Å². The molecule has 31 heavy (non-hydrogen) atoms. The first kappa shape index (κ1) is 20.5. The number of nitrogens with zero attached hydrogens (tertiary/aromatic N) is 1. The first-order valence-corrected chi connectivity index (χ1v) is 15.6. The number of fused-ring (bicyclic) bond motifs is 4. The Hall–Kier alpha value is -2.43. The Morgan fingerprint density at radius 2 is 1.74 bits per heavy atom. The summed E-state index contributed by atoms with van der Waals surface area (Å²) in [5.74, 6) is 0.558. The highest BCUT2D eigenvalue weighted by atomic mass is 32.1. The van der Waals surface area contributed by atoms with E-state index in [4.69, 9.17) is 9.40 Å². The molecule has 0 saturated carbocycles. The van der Waals surface area contributed by atoms with Gasteiger partial charge in [0.15, 0.2) is 5.58 Å². The fourth-order valence-electron chi connectivity index (χ4n) is 4.60. The summed E-state index contributed by atoms with van der Waals surface area (Å²) in [6, 6.07) is 17.8. The molecule has 0 fully saturated rings. The molecule has 158 valence electrons. The van der Waals surface area contributed by atoms with Crippen LogP contribution in [0.4, 0.5) is 0 Å². The summed E-state index contributed by atoms with van der Waals surface area (Å²) in [6.07, 6.45) is 4.23. The van der Waals surface area contributed by atoms with Gasteiger partial charge in [-0.15, -0.1) is 11.3 Å². The molecule has 2 aromatic carbocycles. The molecule has 3 heterocycles. The maximum atomic E-state index is 6.39. The summed E-state index contributed by atoms with van der Waals surface area (Å²) in [6.45, 7) is 11.6. The predicted molar refractivity (Wildman–Crippen MR) is 139 cm³/mol. The van der Waals surface area contributed by atoms with Crippen LogP contribution in [0.2, 0.25) is 19.6 Å². The van der Waals surface area contributed by atoms with Crippen LogP contribution in [0, 0.1) is 0 Å². The number of hydrogen-bond donors (Lipinski definition) is 0. The Kier molecular flexibility index (Phi) is 5.02. The molecule has 0 radical (unpaired) electrons. The van der Waals surface area contributed by atoms with Crippen LogP contribution in [0.1, 0.15) is 38.2 Å². The van der Waals surface area contributed by atoms with Gasteiger partial charge in [-0.3, -0.25) is 4.98 Å². The fraction of sp³-hybridized carbons (Fsp3) is 0.296. The molecule has 0 bridgehead atoms. The van der Waals surface area contributed by atoms with E-state index in [1.165, 1.54) is 42.1 Å². The van der Waals surface area contributed by atoms with Crippen molar-refractivity contribution in [2.75, 3.05) is 0 Å². The monoisotopic (exact) mass is 443 g/mol. The molecule has 5 aromatic rings. The van der Waals surface area contributed by atoms with E-state index < -0.39 is 8.07 Å². The largest absolute Gasteiger partial charge is 0.465 e. The topological polar surface area (TPSA) is 26.0 Å².